The molecule has 0 fully saturated rings. The quantitative estimate of drug-likeness (QED) is 0.540. The van der Waals surface area contributed by atoms with Gasteiger partial charge in [-0.2, -0.15) is 0 Å². The van der Waals surface area contributed by atoms with Crippen LogP contribution in [0.1, 0.15) is 51.7 Å². The second-order valence-electron chi connectivity index (χ2n) is 7.38. The van der Waals surface area contributed by atoms with Crippen molar-refractivity contribution in [3.63, 3.8) is 0 Å². The van der Waals surface area contributed by atoms with Crippen LogP contribution >= 0.6 is 0 Å². The van der Waals surface area contributed by atoms with E-state index in [-0.39, 0.29) is 56.3 Å². The summed E-state index contributed by atoms with van der Waals surface area (Å²) in [5, 5.41) is 1.39. The molecule has 0 atom stereocenters. The van der Waals surface area contributed by atoms with Crippen molar-refractivity contribution in [3.05, 3.63) is 41.5 Å². The van der Waals surface area contributed by atoms with Crippen LogP contribution in [0, 0.1) is 11.8 Å². The number of rotatable bonds is 7. The second kappa shape index (κ2) is 9.97. The smallest absolute Gasteiger partial charge is 0.744 e. The van der Waals surface area contributed by atoms with E-state index in [2.05, 4.69) is 33.8 Å². The minimum Gasteiger partial charge on any atom is -0.744 e. The van der Waals surface area contributed by atoms with Gasteiger partial charge in [0.2, 0.25) is 0 Å². The summed E-state index contributed by atoms with van der Waals surface area (Å²) in [5.74, 6) is 0.985. The molecule has 5 heteroatoms. The van der Waals surface area contributed by atoms with Crippen molar-refractivity contribution in [1.82, 2.24) is 0 Å². The monoisotopic (exact) mass is 386 g/mol. The third-order valence-electron chi connectivity index (χ3n) is 4.41. The van der Waals surface area contributed by atoms with E-state index in [0.29, 0.717) is 23.6 Å². The summed E-state index contributed by atoms with van der Waals surface area (Å²) in [4.78, 5) is 0.00000567. The van der Waals surface area contributed by atoms with Gasteiger partial charge in [-0.15, -0.1) is 0 Å². The topological polar surface area (TPSA) is 57.2 Å². The minimum atomic E-state index is -4.52. The van der Waals surface area contributed by atoms with Gasteiger partial charge in [0.15, 0.2) is 0 Å². The first-order valence-corrected chi connectivity index (χ1v) is 10.1. The van der Waals surface area contributed by atoms with E-state index in [1.807, 2.05) is 12.1 Å². The first-order chi connectivity index (χ1) is 11.2. The Bertz CT molecular complexity index is 811. The number of aryl methyl sites for hydroxylation is 1. The molecule has 0 aliphatic carbocycles. The number of hydrogen-bond acceptors (Lipinski definition) is 3. The van der Waals surface area contributed by atoms with Crippen molar-refractivity contribution in [2.24, 2.45) is 11.8 Å². The molecular weight excluding hydrogens is 359 g/mol. The van der Waals surface area contributed by atoms with E-state index in [4.69, 9.17) is 0 Å². The number of hydrogen-bond donors (Lipinski definition) is 0. The van der Waals surface area contributed by atoms with Crippen LogP contribution in [-0.4, -0.2) is 13.0 Å². The van der Waals surface area contributed by atoms with Crippen LogP contribution in [0.3, 0.4) is 0 Å². The van der Waals surface area contributed by atoms with Gasteiger partial charge in [0, 0.05) is 0 Å². The maximum Gasteiger partial charge on any atom is 1.00 e. The van der Waals surface area contributed by atoms with Gasteiger partial charge < -0.3 is 4.55 Å². The molecule has 0 unspecified atom stereocenters. The Balaban J connectivity index is 0.00000312. The molecule has 132 valence electrons. The molecular formula is C20H27KO3S. The van der Waals surface area contributed by atoms with Gasteiger partial charge >= 0.3 is 51.4 Å². The predicted molar refractivity (Wildman–Crippen MR) is 98.2 cm³/mol. The molecule has 0 bridgehead atoms. The van der Waals surface area contributed by atoms with Crippen molar-refractivity contribution < 1.29 is 64.4 Å². The standard InChI is InChI=1S/C20H28O3S.K/c1-14(2)9-11-17-13-16-7-5-6-8-18(16)20(24(21,22)23)19(17)12-10-15(3)4;/h5-8,13-15H,9-12H2,1-4H3,(H,21,22,23);/q;+1/p-1. The Morgan fingerprint density at radius 3 is 2.08 bits per heavy atom. The van der Waals surface area contributed by atoms with Crippen molar-refractivity contribution in [2.45, 2.75) is 58.3 Å². The molecule has 0 aliphatic heterocycles. The summed E-state index contributed by atoms with van der Waals surface area (Å²) < 4.78 is 36.1. The predicted octanol–water partition coefficient (Wildman–Crippen LogP) is 1.93. The molecule has 0 saturated heterocycles. The summed E-state index contributed by atoms with van der Waals surface area (Å²) in [5.41, 5.74) is 1.75. The molecule has 0 spiro atoms. The summed E-state index contributed by atoms with van der Waals surface area (Å²) in [6.07, 6.45) is 3.28. The Hall–Kier alpha value is 0.246. The van der Waals surface area contributed by atoms with E-state index >= 15 is 0 Å². The number of benzene rings is 2. The van der Waals surface area contributed by atoms with Crippen molar-refractivity contribution in [2.75, 3.05) is 0 Å². The average molecular weight is 387 g/mol. The summed E-state index contributed by atoms with van der Waals surface area (Å²) in [7, 11) is -4.52. The van der Waals surface area contributed by atoms with Crippen LogP contribution < -0.4 is 51.4 Å². The molecule has 2 aromatic carbocycles. The normalized spacial score (nSPS) is 12.0. The molecule has 0 saturated carbocycles. The van der Waals surface area contributed by atoms with E-state index in [1.54, 1.807) is 12.1 Å². The van der Waals surface area contributed by atoms with Gasteiger partial charge in [0.05, 0.1) is 4.90 Å². The van der Waals surface area contributed by atoms with Gasteiger partial charge in [-0.05, 0) is 59.4 Å². The van der Waals surface area contributed by atoms with Crippen LogP contribution in [0.5, 0.6) is 0 Å². The summed E-state index contributed by atoms with van der Waals surface area (Å²) in [6, 6.07) is 9.36. The SMILES string of the molecule is CC(C)CCc1cc2ccccc2c(S(=O)(=O)[O-])c1CCC(C)C.[K+]. The number of fused-ring (bicyclic) bond motifs is 1. The fourth-order valence-corrected chi connectivity index (χ4v) is 4.06. The van der Waals surface area contributed by atoms with Crippen LogP contribution in [0.2, 0.25) is 0 Å². The molecule has 3 nitrogen and oxygen atoms in total. The Morgan fingerprint density at radius 2 is 1.52 bits per heavy atom. The molecule has 0 aromatic heterocycles. The molecule has 2 aromatic rings. The zero-order valence-corrected chi connectivity index (χ0v) is 19.9. The van der Waals surface area contributed by atoms with E-state index in [9.17, 15) is 13.0 Å². The Labute approximate surface area is 194 Å². The molecule has 2 rings (SSSR count). The van der Waals surface area contributed by atoms with Gasteiger partial charge in [-0.25, -0.2) is 8.42 Å². The third-order valence-corrected chi connectivity index (χ3v) is 5.38. The van der Waals surface area contributed by atoms with Crippen molar-refractivity contribution in [3.8, 4) is 0 Å². The van der Waals surface area contributed by atoms with Crippen LogP contribution in [0.15, 0.2) is 35.2 Å². The summed E-state index contributed by atoms with van der Waals surface area (Å²) in [6.45, 7) is 8.53. The molecule has 0 aliphatic rings. The molecule has 0 radical (unpaired) electrons. The third kappa shape index (κ3) is 6.42. The minimum absolute atomic E-state index is 0. The van der Waals surface area contributed by atoms with Gasteiger partial charge in [0.25, 0.3) is 0 Å². The van der Waals surface area contributed by atoms with Gasteiger partial charge in [0.1, 0.15) is 10.1 Å². The second-order valence-corrected chi connectivity index (χ2v) is 8.70. The molecule has 0 heterocycles. The molecule has 25 heavy (non-hydrogen) atoms. The Morgan fingerprint density at radius 1 is 0.960 bits per heavy atom. The van der Waals surface area contributed by atoms with Gasteiger partial charge in [-0.1, -0.05) is 58.0 Å². The Kier molecular flexibility index (Phi) is 9.29. The molecule has 0 N–H and O–H groups in total. The first-order valence-electron chi connectivity index (χ1n) is 8.69. The fourth-order valence-electron chi connectivity index (χ4n) is 3.07. The maximum atomic E-state index is 12.0. The van der Waals surface area contributed by atoms with Crippen molar-refractivity contribution in [1.29, 1.82) is 0 Å². The van der Waals surface area contributed by atoms with Crippen LogP contribution in [0.25, 0.3) is 10.8 Å². The first kappa shape index (κ1) is 23.3. The molecule has 0 amide bonds. The van der Waals surface area contributed by atoms with Crippen LogP contribution in [0.4, 0.5) is 0 Å². The van der Waals surface area contributed by atoms with Gasteiger partial charge in [-0.3, -0.25) is 0 Å². The van der Waals surface area contributed by atoms with E-state index < -0.39 is 10.1 Å². The zero-order chi connectivity index (χ0) is 17.9. The summed E-state index contributed by atoms with van der Waals surface area (Å²) >= 11 is 0. The zero-order valence-electron chi connectivity index (χ0n) is 16.0. The van der Waals surface area contributed by atoms with E-state index in [1.165, 1.54) is 0 Å². The maximum absolute atomic E-state index is 12.0. The average Bonchev–Trinajstić information content (AvgIpc) is 2.48. The van der Waals surface area contributed by atoms with Crippen LogP contribution in [-0.2, 0) is 23.0 Å². The van der Waals surface area contributed by atoms with E-state index in [0.717, 1.165) is 35.8 Å². The largest absolute Gasteiger partial charge is 1.00 e. The van der Waals surface area contributed by atoms with Crippen molar-refractivity contribution >= 4 is 20.9 Å². The fraction of sp³-hybridized carbons (Fsp3) is 0.500.